The van der Waals surface area contributed by atoms with Gasteiger partial charge in [-0.2, -0.15) is 0 Å². The van der Waals surface area contributed by atoms with Crippen molar-refractivity contribution in [2.24, 2.45) is 0 Å². The van der Waals surface area contributed by atoms with Gasteiger partial charge >= 0.3 is 5.97 Å². The monoisotopic (exact) mass is 297 g/mol. The molecule has 1 aliphatic heterocycles. The molecule has 1 heterocycles. The second kappa shape index (κ2) is 6.51. The molecule has 1 saturated heterocycles. The lowest BCUT2D eigenvalue weighted by Crippen LogP contribution is -2.45. The van der Waals surface area contributed by atoms with E-state index in [2.05, 4.69) is 0 Å². The Morgan fingerprint density at radius 2 is 2.10 bits per heavy atom. The number of benzene rings is 1. The zero-order valence-electron chi connectivity index (χ0n) is 12.0. The normalized spacial score (nSPS) is 17.9. The summed E-state index contributed by atoms with van der Waals surface area (Å²) in [5, 5.41) is 19.4. The van der Waals surface area contributed by atoms with E-state index in [0.717, 1.165) is 6.07 Å². The maximum absolute atomic E-state index is 13.8. The molecule has 6 heteroatoms. The first-order valence-electron chi connectivity index (χ1n) is 6.90. The molecule has 0 bridgehead atoms. The molecule has 0 spiro atoms. The van der Waals surface area contributed by atoms with Crippen molar-refractivity contribution in [2.45, 2.75) is 25.0 Å². The second-order valence-corrected chi connectivity index (χ2v) is 5.62. The summed E-state index contributed by atoms with van der Waals surface area (Å²) in [4.78, 5) is 12.7. The third kappa shape index (κ3) is 4.23. The molecule has 0 unspecified atom stereocenters. The molecule has 0 aliphatic carbocycles. The molecule has 0 saturated carbocycles. The number of carbonyl (C=O) groups is 1. The number of hydrogen-bond donors (Lipinski definition) is 2. The van der Waals surface area contributed by atoms with Gasteiger partial charge in [0.1, 0.15) is 5.82 Å². The highest BCUT2D eigenvalue weighted by Crippen LogP contribution is 2.22. The first kappa shape index (κ1) is 15.9. The fourth-order valence-corrected chi connectivity index (χ4v) is 2.59. The highest BCUT2D eigenvalue weighted by molar-refractivity contribution is 5.87. The van der Waals surface area contributed by atoms with Crippen molar-refractivity contribution in [3.8, 4) is 0 Å². The highest BCUT2D eigenvalue weighted by Gasteiger charge is 2.31. The average molecular weight is 297 g/mol. The van der Waals surface area contributed by atoms with Crippen molar-refractivity contribution < 1.29 is 24.1 Å². The SMILES string of the molecule is CN(Cc1cc(C(=O)O)ccc1F)CC1(O)CCOCC1. The number of nitrogens with zero attached hydrogens (tertiary/aromatic N) is 1. The summed E-state index contributed by atoms with van der Waals surface area (Å²) in [6.45, 7) is 1.68. The minimum Gasteiger partial charge on any atom is -0.478 e. The van der Waals surface area contributed by atoms with Crippen LogP contribution in [0.4, 0.5) is 4.39 Å². The summed E-state index contributed by atoms with van der Waals surface area (Å²) < 4.78 is 19.0. The van der Waals surface area contributed by atoms with E-state index in [1.165, 1.54) is 12.1 Å². The van der Waals surface area contributed by atoms with Gasteiger partial charge in [0.25, 0.3) is 0 Å². The molecule has 1 aromatic carbocycles. The Bertz CT molecular complexity index is 514. The number of halogens is 1. The molecule has 0 aromatic heterocycles. The molecule has 0 radical (unpaired) electrons. The predicted molar refractivity (Wildman–Crippen MR) is 74.7 cm³/mol. The Morgan fingerprint density at radius 1 is 1.43 bits per heavy atom. The third-order valence-corrected chi connectivity index (χ3v) is 3.72. The van der Waals surface area contributed by atoms with E-state index >= 15 is 0 Å². The Hall–Kier alpha value is -1.50. The van der Waals surface area contributed by atoms with Crippen LogP contribution in [-0.4, -0.2) is 53.5 Å². The van der Waals surface area contributed by atoms with E-state index < -0.39 is 17.4 Å². The molecule has 2 rings (SSSR count). The number of hydrogen-bond acceptors (Lipinski definition) is 4. The van der Waals surface area contributed by atoms with Crippen molar-refractivity contribution in [3.05, 3.63) is 35.1 Å². The zero-order chi connectivity index (χ0) is 15.5. The van der Waals surface area contributed by atoms with E-state index in [9.17, 15) is 14.3 Å². The van der Waals surface area contributed by atoms with Gasteiger partial charge in [0.15, 0.2) is 0 Å². The Labute approximate surface area is 122 Å². The summed E-state index contributed by atoms with van der Waals surface area (Å²) in [6, 6.07) is 3.74. The molecule has 0 atom stereocenters. The molecule has 1 aliphatic rings. The van der Waals surface area contributed by atoms with Crippen LogP contribution in [0, 0.1) is 5.82 Å². The van der Waals surface area contributed by atoms with E-state index in [1.54, 1.807) is 11.9 Å². The fourth-order valence-electron chi connectivity index (χ4n) is 2.59. The molecule has 1 fully saturated rings. The van der Waals surface area contributed by atoms with Crippen LogP contribution in [0.3, 0.4) is 0 Å². The Kier molecular flexibility index (Phi) is 4.92. The van der Waals surface area contributed by atoms with Crippen molar-refractivity contribution in [3.63, 3.8) is 0 Å². The van der Waals surface area contributed by atoms with Crippen molar-refractivity contribution in [2.75, 3.05) is 26.8 Å². The van der Waals surface area contributed by atoms with Crippen molar-refractivity contribution in [1.29, 1.82) is 0 Å². The van der Waals surface area contributed by atoms with E-state index in [0.29, 0.717) is 38.2 Å². The average Bonchev–Trinajstić information content (AvgIpc) is 2.41. The van der Waals surface area contributed by atoms with E-state index in [-0.39, 0.29) is 12.1 Å². The van der Waals surface area contributed by atoms with Gasteiger partial charge in [0, 0.05) is 44.7 Å². The molecule has 116 valence electrons. The van der Waals surface area contributed by atoms with Crippen LogP contribution in [0.1, 0.15) is 28.8 Å². The van der Waals surface area contributed by atoms with Gasteiger partial charge in [-0.1, -0.05) is 0 Å². The second-order valence-electron chi connectivity index (χ2n) is 5.62. The van der Waals surface area contributed by atoms with Crippen LogP contribution in [-0.2, 0) is 11.3 Å². The molecule has 1 aromatic rings. The molecule has 5 nitrogen and oxygen atoms in total. The summed E-state index contributed by atoms with van der Waals surface area (Å²) in [7, 11) is 1.78. The van der Waals surface area contributed by atoms with Gasteiger partial charge in [-0.05, 0) is 25.2 Å². The Morgan fingerprint density at radius 3 is 2.71 bits per heavy atom. The van der Waals surface area contributed by atoms with Crippen molar-refractivity contribution >= 4 is 5.97 Å². The van der Waals surface area contributed by atoms with Gasteiger partial charge < -0.3 is 14.9 Å². The number of rotatable bonds is 5. The van der Waals surface area contributed by atoms with Crippen LogP contribution in [0.15, 0.2) is 18.2 Å². The van der Waals surface area contributed by atoms with Crippen LogP contribution in [0.5, 0.6) is 0 Å². The molecule has 21 heavy (non-hydrogen) atoms. The quantitative estimate of drug-likeness (QED) is 0.862. The third-order valence-electron chi connectivity index (χ3n) is 3.72. The fraction of sp³-hybridized carbons (Fsp3) is 0.533. The van der Waals surface area contributed by atoms with Gasteiger partial charge in [0.05, 0.1) is 11.2 Å². The van der Waals surface area contributed by atoms with E-state index in [1.807, 2.05) is 0 Å². The van der Waals surface area contributed by atoms with Crippen LogP contribution in [0.2, 0.25) is 0 Å². The maximum Gasteiger partial charge on any atom is 0.335 e. The topological polar surface area (TPSA) is 70.0 Å². The lowest BCUT2D eigenvalue weighted by molar-refractivity contribution is -0.0778. The van der Waals surface area contributed by atoms with Gasteiger partial charge in [-0.3, -0.25) is 4.90 Å². The van der Waals surface area contributed by atoms with Crippen LogP contribution < -0.4 is 0 Å². The number of ether oxygens (including phenoxy) is 1. The molecular formula is C15H20FNO4. The van der Waals surface area contributed by atoms with Crippen LogP contribution in [0.25, 0.3) is 0 Å². The minimum absolute atomic E-state index is 0.0598. The molecular weight excluding hydrogens is 277 g/mol. The molecule has 0 amide bonds. The highest BCUT2D eigenvalue weighted by atomic mass is 19.1. The smallest absolute Gasteiger partial charge is 0.335 e. The summed E-state index contributed by atoms with van der Waals surface area (Å²) in [5.41, 5.74) is -0.453. The van der Waals surface area contributed by atoms with Gasteiger partial charge in [0.2, 0.25) is 0 Å². The Balaban J connectivity index is 2.03. The summed E-state index contributed by atoms with van der Waals surface area (Å²) >= 11 is 0. The minimum atomic E-state index is -1.08. The van der Waals surface area contributed by atoms with E-state index in [4.69, 9.17) is 9.84 Å². The largest absolute Gasteiger partial charge is 0.478 e. The number of aromatic carboxylic acids is 1. The lowest BCUT2D eigenvalue weighted by atomic mass is 9.94. The number of aliphatic hydroxyl groups is 1. The summed E-state index contributed by atoms with van der Waals surface area (Å²) in [6.07, 6.45) is 1.10. The van der Waals surface area contributed by atoms with Gasteiger partial charge in [-0.25, -0.2) is 9.18 Å². The van der Waals surface area contributed by atoms with Crippen LogP contribution >= 0.6 is 0 Å². The molecule has 2 N–H and O–H groups in total. The number of carboxylic acids is 1. The number of carboxylic acid groups (broad SMARTS) is 1. The number of likely N-dealkylation sites (N-methyl/N-ethyl adjacent to an activating group) is 1. The lowest BCUT2D eigenvalue weighted by Gasteiger charge is -2.35. The first-order chi connectivity index (χ1) is 9.89. The van der Waals surface area contributed by atoms with Crippen molar-refractivity contribution in [1.82, 2.24) is 4.90 Å². The summed E-state index contributed by atoms with van der Waals surface area (Å²) in [5.74, 6) is -1.52. The zero-order valence-corrected chi connectivity index (χ0v) is 12.0. The maximum atomic E-state index is 13.8. The van der Waals surface area contributed by atoms with Gasteiger partial charge in [-0.15, -0.1) is 0 Å². The standard InChI is InChI=1S/C15H20FNO4/c1-17(10-15(20)4-6-21-7-5-15)9-12-8-11(14(18)19)2-3-13(12)16/h2-3,8,20H,4-7,9-10H2,1H3,(H,18,19). The predicted octanol–water partition coefficient (Wildman–Crippen LogP) is 1.50. The first-order valence-corrected chi connectivity index (χ1v) is 6.90.